The quantitative estimate of drug-likeness (QED) is 0.622. The highest BCUT2D eigenvalue weighted by molar-refractivity contribution is 5.04. The molecule has 26 heavy (non-hydrogen) atoms. The lowest BCUT2D eigenvalue weighted by atomic mass is 9.50. The number of aliphatic hydroxyl groups is 1. The van der Waals surface area contributed by atoms with Crippen LogP contribution in [0, 0.1) is 47.3 Å². The Morgan fingerprint density at radius 3 is 2.62 bits per heavy atom. The van der Waals surface area contributed by atoms with Crippen molar-refractivity contribution in [1.82, 2.24) is 0 Å². The van der Waals surface area contributed by atoms with E-state index in [-0.39, 0.29) is 6.10 Å². The topological polar surface area (TPSA) is 46.2 Å². The number of aliphatic hydroxyl groups excluding tert-OH is 1. The molecule has 3 N–H and O–H groups in total. The highest BCUT2D eigenvalue weighted by Crippen LogP contribution is 2.56. The average Bonchev–Trinajstić information content (AvgIpc) is 2.60. The summed E-state index contributed by atoms with van der Waals surface area (Å²) in [6, 6.07) is 0.356. The molecule has 10 unspecified atom stereocenters. The molecule has 2 nitrogen and oxygen atoms in total. The molecule has 0 aliphatic heterocycles. The van der Waals surface area contributed by atoms with Crippen molar-refractivity contribution in [1.29, 1.82) is 0 Å². The summed E-state index contributed by atoms with van der Waals surface area (Å²) >= 11 is 0. The fourth-order valence-electron chi connectivity index (χ4n) is 7.35. The van der Waals surface area contributed by atoms with Gasteiger partial charge in [0.2, 0.25) is 0 Å². The SMILES string of the molecule is C=CCCC(C)CC1C(O)CC2C3CCC(C)CC3CC(N)C2C1CC. The lowest BCUT2D eigenvalue weighted by molar-refractivity contribution is -0.105. The molecule has 3 aliphatic rings. The number of allylic oxidation sites excluding steroid dienone is 1. The largest absolute Gasteiger partial charge is 0.393 e. The predicted molar refractivity (Wildman–Crippen MR) is 111 cm³/mol. The zero-order valence-corrected chi connectivity index (χ0v) is 17.4. The van der Waals surface area contributed by atoms with Gasteiger partial charge in [0.1, 0.15) is 0 Å². The van der Waals surface area contributed by atoms with Crippen molar-refractivity contribution in [2.75, 3.05) is 0 Å². The number of hydrogen-bond acceptors (Lipinski definition) is 2. The Hall–Kier alpha value is -0.340. The molecule has 0 spiro atoms. The fraction of sp³-hybridized carbons (Fsp3) is 0.917. The summed E-state index contributed by atoms with van der Waals surface area (Å²) in [4.78, 5) is 0. The van der Waals surface area contributed by atoms with E-state index in [2.05, 4.69) is 27.4 Å². The summed E-state index contributed by atoms with van der Waals surface area (Å²) in [7, 11) is 0. The minimum absolute atomic E-state index is 0.113. The number of fused-ring (bicyclic) bond motifs is 3. The number of nitrogens with two attached hydrogens (primary N) is 1. The van der Waals surface area contributed by atoms with Crippen LogP contribution >= 0.6 is 0 Å². The van der Waals surface area contributed by atoms with E-state index in [1.165, 1.54) is 38.5 Å². The summed E-state index contributed by atoms with van der Waals surface area (Å²) < 4.78 is 0. The second kappa shape index (κ2) is 8.78. The van der Waals surface area contributed by atoms with E-state index in [9.17, 15) is 5.11 Å². The summed E-state index contributed by atoms with van der Waals surface area (Å²) in [5.74, 6) is 5.58. The second-order valence-electron chi connectivity index (χ2n) is 10.2. The second-order valence-corrected chi connectivity index (χ2v) is 10.2. The first-order chi connectivity index (χ1) is 12.5. The molecule has 0 aromatic carbocycles. The van der Waals surface area contributed by atoms with E-state index in [0.29, 0.717) is 35.6 Å². The van der Waals surface area contributed by atoms with Crippen LogP contribution in [0.25, 0.3) is 0 Å². The third kappa shape index (κ3) is 4.07. The van der Waals surface area contributed by atoms with Crippen LogP contribution in [-0.4, -0.2) is 17.3 Å². The third-order valence-corrected chi connectivity index (χ3v) is 8.48. The van der Waals surface area contributed by atoms with E-state index in [1.54, 1.807) is 0 Å². The van der Waals surface area contributed by atoms with Gasteiger partial charge >= 0.3 is 0 Å². The van der Waals surface area contributed by atoms with Crippen molar-refractivity contribution >= 4 is 0 Å². The van der Waals surface area contributed by atoms with E-state index in [1.807, 2.05) is 6.08 Å². The van der Waals surface area contributed by atoms with E-state index < -0.39 is 0 Å². The van der Waals surface area contributed by atoms with Gasteiger partial charge in [0.15, 0.2) is 0 Å². The summed E-state index contributed by atoms with van der Waals surface area (Å²) in [5.41, 5.74) is 6.83. The van der Waals surface area contributed by atoms with E-state index in [0.717, 1.165) is 37.0 Å². The Bertz CT molecular complexity index is 463. The van der Waals surface area contributed by atoms with Crippen LogP contribution in [0.15, 0.2) is 12.7 Å². The summed E-state index contributed by atoms with van der Waals surface area (Å²) in [5, 5.41) is 11.2. The highest BCUT2D eigenvalue weighted by atomic mass is 16.3. The standard InChI is InChI=1S/C24H43NO/c1-5-7-8-15(3)12-20-18(6-2)24-21(14-23(20)26)19-10-9-16(4)11-17(19)13-22(24)25/h5,15-24,26H,1,6-14,25H2,2-4H3. The van der Waals surface area contributed by atoms with Gasteiger partial charge < -0.3 is 10.8 Å². The maximum absolute atomic E-state index is 11.2. The molecule has 2 heteroatoms. The van der Waals surface area contributed by atoms with Crippen LogP contribution in [0.3, 0.4) is 0 Å². The van der Waals surface area contributed by atoms with Gasteiger partial charge in [-0.25, -0.2) is 0 Å². The Labute approximate surface area is 162 Å². The minimum atomic E-state index is -0.113. The number of hydrogen-bond donors (Lipinski definition) is 2. The van der Waals surface area contributed by atoms with Crippen molar-refractivity contribution in [2.24, 2.45) is 53.1 Å². The molecule has 0 bridgehead atoms. The predicted octanol–water partition coefficient (Wildman–Crippen LogP) is 5.40. The Morgan fingerprint density at radius 1 is 1.15 bits per heavy atom. The molecule has 10 atom stereocenters. The van der Waals surface area contributed by atoms with Gasteiger partial charge in [-0.05, 0) is 92.3 Å². The molecular formula is C24H43NO. The molecule has 3 fully saturated rings. The van der Waals surface area contributed by atoms with Crippen LogP contribution in [0.1, 0.15) is 78.6 Å². The minimum Gasteiger partial charge on any atom is -0.393 e. The smallest absolute Gasteiger partial charge is 0.0574 e. The van der Waals surface area contributed by atoms with Gasteiger partial charge in [-0.3, -0.25) is 0 Å². The third-order valence-electron chi connectivity index (χ3n) is 8.48. The van der Waals surface area contributed by atoms with Crippen molar-refractivity contribution in [3.05, 3.63) is 12.7 Å². The van der Waals surface area contributed by atoms with Crippen LogP contribution < -0.4 is 5.73 Å². The first kappa shape index (κ1) is 20.4. The molecule has 0 radical (unpaired) electrons. The van der Waals surface area contributed by atoms with E-state index in [4.69, 9.17) is 5.73 Å². The van der Waals surface area contributed by atoms with Crippen LogP contribution in [-0.2, 0) is 0 Å². The van der Waals surface area contributed by atoms with Gasteiger partial charge in [-0.2, -0.15) is 0 Å². The van der Waals surface area contributed by atoms with Gasteiger partial charge in [0, 0.05) is 6.04 Å². The van der Waals surface area contributed by atoms with Gasteiger partial charge in [-0.15, -0.1) is 6.58 Å². The van der Waals surface area contributed by atoms with Crippen LogP contribution in [0.5, 0.6) is 0 Å². The summed E-state index contributed by atoms with van der Waals surface area (Å²) in [6.07, 6.45) is 12.9. The molecule has 3 rings (SSSR count). The molecule has 3 saturated carbocycles. The molecule has 150 valence electrons. The van der Waals surface area contributed by atoms with Crippen molar-refractivity contribution in [3.63, 3.8) is 0 Å². The molecule has 3 aliphatic carbocycles. The van der Waals surface area contributed by atoms with Crippen molar-refractivity contribution in [2.45, 2.75) is 90.7 Å². The van der Waals surface area contributed by atoms with Gasteiger partial charge in [0.05, 0.1) is 6.10 Å². The first-order valence-electron chi connectivity index (χ1n) is 11.5. The maximum Gasteiger partial charge on any atom is 0.0574 e. The number of rotatable bonds is 6. The fourth-order valence-corrected chi connectivity index (χ4v) is 7.35. The molecule has 0 amide bonds. The average molecular weight is 362 g/mol. The lowest BCUT2D eigenvalue weighted by Gasteiger charge is -2.57. The van der Waals surface area contributed by atoms with Gasteiger partial charge in [-0.1, -0.05) is 39.7 Å². The van der Waals surface area contributed by atoms with Crippen molar-refractivity contribution < 1.29 is 5.11 Å². The molecule has 0 saturated heterocycles. The normalized spacial score (nSPS) is 46.9. The Balaban J connectivity index is 1.75. The van der Waals surface area contributed by atoms with Crippen molar-refractivity contribution in [3.8, 4) is 0 Å². The van der Waals surface area contributed by atoms with Crippen LogP contribution in [0.2, 0.25) is 0 Å². The first-order valence-corrected chi connectivity index (χ1v) is 11.5. The highest BCUT2D eigenvalue weighted by Gasteiger charge is 2.53. The molecule has 0 aromatic heterocycles. The summed E-state index contributed by atoms with van der Waals surface area (Å²) in [6.45, 7) is 11.0. The Kier molecular flexibility index (Phi) is 6.88. The molecule has 0 heterocycles. The Morgan fingerprint density at radius 2 is 1.92 bits per heavy atom. The molecule has 0 aromatic rings. The monoisotopic (exact) mass is 361 g/mol. The van der Waals surface area contributed by atoms with Gasteiger partial charge in [0.25, 0.3) is 0 Å². The lowest BCUT2D eigenvalue weighted by Crippen LogP contribution is -2.57. The van der Waals surface area contributed by atoms with E-state index >= 15 is 0 Å². The zero-order valence-electron chi connectivity index (χ0n) is 17.4. The maximum atomic E-state index is 11.2. The zero-order chi connectivity index (χ0) is 18.8. The van der Waals surface area contributed by atoms with Crippen LogP contribution in [0.4, 0.5) is 0 Å². The molecular weight excluding hydrogens is 318 g/mol.